The first kappa shape index (κ1) is 31.9. The third-order valence-electron chi connectivity index (χ3n) is 10.6. The van der Waals surface area contributed by atoms with Crippen LogP contribution in [0.2, 0.25) is 0 Å². The highest BCUT2D eigenvalue weighted by Gasteiger charge is 2.18. The van der Waals surface area contributed by atoms with E-state index in [1.807, 2.05) is 36.4 Å². The third kappa shape index (κ3) is 5.45. The molecular weight excluding hydrogens is 687 g/mol. The van der Waals surface area contributed by atoms with Gasteiger partial charge in [-0.3, -0.25) is 0 Å². The molecule has 0 aliphatic carbocycles. The summed E-state index contributed by atoms with van der Waals surface area (Å²) in [6.45, 7) is 0. The van der Waals surface area contributed by atoms with Gasteiger partial charge in [0.25, 0.3) is 0 Å². The zero-order valence-electron chi connectivity index (χ0n) is 30.1. The van der Waals surface area contributed by atoms with Crippen LogP contribution < -0.4 is 0 Å². The van der Waals surface area contributed by atoms with Gasteiger partial charge in [-0.2, -0.15) is 0 Å². The molecule has 5 nitrogen and oxygen atoms in total. The van der Waals surface area contributed by atoms with Crippen molar-refractivity contribution in [3.8, 4) is 67.5 Å². The van der Waals surface area contributed by atoms with E-state index in [4.69, 9.17) is 23.8 Å². The highest BCUT2D eigenvalue weighted by atomic mass is 16.3. The van der Waals surface area contributed by atoms with Gasteiger partial charge in [-0.25, -0.2) is 15.0 Å². The van der Waals surface area contributed by atoms with Gasteiger partial charge in [-0.1, -0.05) is 164 Å². The number of hydrogen-bond acceptors (Lipinski definition) is 5. The number of para-hydroxylation sites is 3. The maximum absolute atomic E-state index is 6.77. The Kier molecular flexibility index (Phi) is 7.42. The number of fused-ring (bicyclic) bond motifs is 6. The number of rotatable bonds is 6. The second-order valence-corrected chi connectivity index (χ2v) is 14.0. The van der Waals surface area contributed by atoms with E-state index in [-0.39, 0.29) is 0 Å². The van der Waals surface area contributed by atoms with E-state index in [2.05, 4.69) is 152 Å². The third-order valence-corrected chi connectivity index (χ3v) is 10.6. The lowest BCUT2D eigenvalue weighted by Crippen LogP contribution is -2.00. The molecule has 0 radical (unpaired) electrons. The molecule has 0 aliphatic heterocycles. The van der Waals surface area contributed by atoms with Gasteiger partial charge >= 0.3 is 0 Å². The highest BCUT2D eigenvalue weighted by Crippen LogP contribution is 2.41. The van der Waals surface area contributed by atoms with Crippen LogP contribution in [-0.2, 0) is 0 Å². The predicted octanol–water partition coefficient (Wildman–Crippen LogP) is 13.7. The second kappa shape index (κ2) is 13.0. The summed E-state index contributed by atoms with van der Waals surface area (Å²) in [4.78, 5) is 15.3. The van der Waals surface area contributed by atoms with Crippen LogP contribution in [0.5, 0.6) is 0 Å². The minimum atomic E-state index is 0.567. The largest absolute Gasteiger partial charge is 0.456 e. The quantitative estimate of drug-likeness (QED) is 0.171. The summed E-state index contributed by atoms with van der Waals surface area (Å²) < 4.78 is 13.0. The average Bonchev–Trinajstić information content (AvgIpc) is 3.85. The maximum atomic E-state index is 6.77. The molecule has 5 heteroatoms. The lowest BCUT2D eigenvalue weighted by atomic mass is 9.99. The molecule has 0 N–H and O–H groups in total. The van der Waals surface area contributed by atoms with Crippen LogP contribution >= 0.6 is 0 Å². The molecule has 0 atom stereocenters. The number of furan rings is 2. The molecule has 3 aromatic heterocycles. The highest BCUT2D eigenvalue weighted by molar-refractivity contribution is 6.13. The number of hydrogen-bond donors (Lipinski definition) is 0. The van der Waals surface area contributed by atoms with Gasteiger partial charge < -0.3 is 8.83 Å². The van der Waals surface area contributed by atoms with Crippen molar-refractivity contribution in [1.29, 1.82) is 0 Å². The van der Waals surface area contributed by atoms with Crippen LogP contribution in [0.1, 0.15) is 0 Å². The standard InChI is InChI=1S/C51H31N3O2/c1-3-12-32(13-4-1)33-24-26-35(27-25-33)49-52-50(54-51(53-49)38-28-29-42-41-18-7-8-23-45(41)55-46(42)31-38)37-17-9-16-36(30-37)40-20-11-22-44-43-21-10-19-39(47(43)56-48(40)44)34-14-5-2-6-15-34/h1-31H. The Labute approximate surface area is 322 Å². The van der Waals surface area contributed by atoms with E-state index in [1.165, 1.54) is 0 Å². The summed E-state index contributed by atoms with van der Waals surface area (Å²) in [7, 11) is 0. The molecule has 0 bridgehead atoms. The van der Waals surface area contributed by atoms with E-state index < -0.39 is 0 Å². The van der Waals surface area contributed by atoms with E-state index in [9.17, 15) is 0 Å². The molecule has 262 valence electrons. The van der Waals surface area contributed by atoms with E-state index >= 15 is 0 Å². The van der Waals surface area contributed by atoms with Crippen molar-refractivity contribution in [3.05, 3.63) is 188 Å². The monoisotopic (exact) mass is 717 g/mol. The van der Waals surface area contributed by atoms with Crippen LogP contribution in [0.15, 0.2) is 197 Å². The average molecular weight is 718 g/mol. The zero-order valence-corrected chi connectivity index (χ0v) is 30.1. The predicted molar refractivity (Wildman–Crippen MR) is 227 cm³/mol. The number of aromatic nitrogens is 3. The molecule has 11 aromatic rings. The second-order valence-electron chi connectivity index (χ2n) is 14.0. The SMILES string of the molecule is c1ccc(-c2ccc(-c3nc(-c4cccc(-c5cccc6c5oc5c(-c7ccccc7)cccc56)c4)nc(-c4ccc5c(c4)oc4ccccc45)n3)cc2)cc1. The fourth-order valence-electron chi connectivity index (χ4n) is 7.79. The van der Waals surface area contributed by atoms with Crippen LogP contribution in [0.25, 0.3) is 111 Å². The van der Waals surface area contributed by atoms with Crippen molar-refractivity contribution in [2.75, 3.05) is 0 Å². The minimum absolute atomic E-state index is 0.567. The van der Waals surface area contributed by atoms with Crippen molar-refractivity contribution < 1.29 is 8.83 Å². The Morgan fingerprint density at radius 2 is 0.732 bits per heavy atom. The molecule has 11 rings (SSSR count). The van der Waals surface area contributed by atoms with Crippen LogP contribution in [-0.4, -0.2) is 15.0 Å². The smallest absolute Gasteiger partial charge is 0.164 e. The fraction of sp³-hybridized carbons (Fsp3) is 0. The van der Waals surface area contributed by atoms with Crippen molar-refractivity contribution in [2.24, 2.45) is 0 Å². The Hall–Kier alpha value is -7.63. The number of benzene rings is 8. The van der Waals surface area contributed by atoms with Crippen molar-refractivity contribution in [3.63, 3.8) is 0 Å². The molecule has 0 aliphatic rings. The minimum Gasteiger partial charge on any atom is -0.456 e. The summed E-state index contributed by atoms with van der Waals surface area (Å²) in [6.07, 6.45) is 0. The summed E-state index contributed by atoms with van der Waals surface area (Å²) in [6, 6.07) is 64.5. The molecule has 0 amide bonds. The molecule has 0 unspecified atom stereocenters. The lowest BCUT2D eigenvalue weighted by Gasteiger charge is -2.10. The van der Waals surface area contributed by atoms with E-state index in [0.717, 1.165) is 93.9 Å². The molecular formula is C51H31N3O2. The van der Waals surface area contributed by atoms with Gasteiger partial charge in [0.15, 0.2) is 17.5 Å². The summed E-state index contributed by atoms with van der Waals surface area (Å²) >= 11 is 0. The first-order chi connectivity index (χ1) is 27.7. The topological polar surface area (TPSA) is 65.0 Å². The zero-order chi connectivity index (χ0) is 37.0. The van der Waals surface area contributed by atoms with Gasteiger partial charge in [0, 0.05) is 49.4 Å². The molecule has 0 saturated carbocycles. The van der Waals surface area contributed by atoms with Gasteiger partial charge in [0.2, 0.25) is 0 Å². The molecule has 56 heavy (non-hydrogen) atoms. The van der Waals surface area contributed by atoms with Crippen molar-refractivity contribution in [1.82, 2.24) is 15.0 Å². The van der Waals surface area contributed by atoms with E-state index in [1.54, 1.807) is 0 Å². The molecule has 0 fully saturated rings. The molecule has 0 saturated heterocycles. The molecule has 3 heterocycles. The van der Waals surface area contributed by atoms with Gasteiger partial charge in [0.1, 0.15) is 22.3 Å². The Balaban J connectivity index is 1.05. The Morgan fingerprint density at radius 3 is 1.45 bits per heavy atom. The van der Waals surface area contributed by atoms with Gasteiger partial charge in [-0.05, 0) is 46.5 Å². The first-order valence-electron chi connectivity index (χ1n) is 18.7. The van der Waals surface area contributed by atoms with E-state index in [0.29, 0.717) is 17.5 Å². The van der Waals surface area contributed by atoms with Crippen molar-refractivity contribution >= 4 is 43.9 Å². The summed E-state index contributed by atoms with van der Waals surface area (Å²) in [5.41, 5.74) is 12.5. The van der Waals surface area contributed by atoms with Crippen molar-refractivity contribution in [2.45, 2.75) is 0 Å². The summed E-state index contributed by atoms with van der Waals surface area (Å²) in [5.74, 6) is 1.73. The normalized spacial score (nSPS) is 11.6. The Bertz CT molecular complexity index is 3240. The van der Waals surface area contributed by atoms with Crippen LogP contribution in [0.4, 0.5) is 0 Å². The lowest BCUT2D eigenvalue weighted by molar-refractivity contribution is 0.669. The van der Waals surface area contributed by atoms with Gasteiger partial charge in [-0.15, -0.1) is 0 Å². The first-order valence-corrected chi connectivity index (χ1v) is 18.7. The van der Waals surface area contributed by atoms with Crippen LogP contribution in [0.3, 0.4) is 0 Å². The van der Waals surface area contributed by atoms with Gasteiger partial charge in [0.05, 0.1) is 0 Å². The van der Waals surface area contributed by atoms with Crippen LogP contribution in [0, 0.1) is 0 Å². The molecule has 8 aromatic carbocycles. The maximum Gasteiger partial charge on any atom is 0.164 e. The Morgan fingerprint density at radius 1 is 0.268 bits per heavy atom. The summed E-state index contributed by atoms with van der Waals surface area (Å²) in [5, 5.41) is 4.30. The fourth-order valence-corrected chi connectivity index (χ4v) is 7.79. The molecule has 0 spiro atoms. The number of nitrogens with zero attached hydrogens (tertiary/aromatic N) is 3.